The molecule has 0 atom stereocenters. The standard InChI is InChI=1S/C18H14F4N2O3/c19-12-2-1-3-13(20)11(12)5-7-17(25)24-14-6-4-10(18(23)26)8-15(14)27-9-16(21)22/h1-8,16H,9H2,(H2,23,26)(H,24,25). The molecule has 0 bridgehead atoms. The van der Waals surface area contributed by atoms with Crippen LogP contribution in [0.5, 0.6) is 5.75 Å². The average Bonchev–Trinajstić information content (AvgIpc) is 2.60. The van der Waals surface area contributed by atoms with Gasteiger partial charge in [0.05, 0.1) is 5.69 Å². The summed E-state index contributed by atoms with van der Waals surface area (Å²) in [5.41, 5.74) is 4.67. The fraction of sp³-hybridized carbons (Fsp3) is 0.111. The molecule has 2 aromatic carbocycles. The highest BCUT2D eigenvalue weighted by atomic mass is 19.3. The van der Waals surface area contributed by atoms with Crippen LogP contribution in [-0.4, -0.2) is 24.8 Å². The molecule has 2 rings (SSSR count). The predicted molar refractivity (Wildman–Crippen MR) is 90.5 cm³/mol. The quantitative estimate of drug-likeness (QED) is 0.569. The van der Waals surface area contributed by atoms with E-state index in [9.17, 15) is 27.2 Å². The lowest BCUT2D eigenvalue weighted by atomic mass is 10.1. The van der Waals surface area contributed by atoms with Crippen LogP contribution >= 0.6 is 0 Å². The van der Waals surface area contributed by atoms with Crippen molar-refractivity contribution in [2.75, 3.05) is 11.9 Å². The second-order valence-electron chi connectivity index (χ2n) is 5.24. The Morgan fingerprint density at radius 3 is 2.41 bits per heavy atom. The third-order valence-corrected chi connectivity index (χ3v) is 3.29. The Morgan fingerprint density at radius 2 is 1.81 bits per heavy atom. The summed E-state index contributed by atoms with van der Waals surface area (Å²) >= 11 is 0. The number of hydrogen-bond donors (Lipinski definition) is 2. The van der Waals surface area contributed by atoms with Gasteiger partial charge >= 0.3 is 0 Å². The number of alkyl halides is 2. The van der Waals surface area contributed by atoms with Crippen LogP contribution in [0.2, 0.25) is 0 Å². The molecular weight excluding hydrogens is 368 g/mol. The third kappa shape index (κ3) is 5.56. The molecule has 0 aromatic heterocycles. The van der Waals surface area contributed by atoms with Crippen molar-refractivity contribution in [3.05, 3.63) is 65.2 Å². The first-order chi connectivity index (χ1) is 12.8. The van der Waals surface area contributed by atoms with Gasteiger partial charge in [0, 0.05) is 17.2 Å². The van der Waals surface area contributed by atoms with Crippen LogP contribution in [0.25, 0.3) is 6.08 Å². The molecule has 0 fully saturated rings. The van der Waals surface area contributed by atoms with Gasteiger partial charge in [-0.2, -0.15) is 0 Å². The van der Waals surface area contributed by atoms with Crippen LogP contribution in [0.3, 0.4) is 0 Å². The SMILES string of the molecule is NC(=O)c1ccc(NC(=O)C=Cc2c(F)cccc2F)c(OCC(F)F)c1. The molecule has 0 aliphatic rings. The van der Waals surface area contributed by atoms with Gasteiger partial charge in [0.15, 0.2) is 0 Å². The molecule has 0 radical (unpaired) electrons. The lowest BCUT2D eigenvalue weighted by Gasteiger charge is -2.12. The molecular formula is C18H14F4N2O3. The first-order valence-corrected chi connectivity index (χ1v) is 7.56. The van der Waals surface area contributed by atoms with Gasteiger partial charge in [0.1, 0.15) is 24.0 Å². The summed E-state index contributed by atoms with van der Waals surface area (Å²) in [5.74, 6) is -3.53. The molecule has 0 aliphatic carbocycles. The first kappa shape index (κ1) is 20.0. The zero-order chi connectivity index (χ0) is 20.0. The molecule has 0 saturated carbocycles. The van der Waals surface area contributed by atoms with Crippen molar-refractivity contribution in [1.29, 1.82) is 0 Å². The van der Waals surface area contributed by atoms with Crippen LogP contribution in [0.4, 0.5) is 23.2 Å². The topological polar surface area (TPSA) is 81.4 Å². The number of primary amides is 1. The Bertz CT molecular complexity index is 865. The molecule has 27 heavy (non-hydrogen) atoms. The second-order valence-corrected chi connectivity index (χ2v) is 5.24. The van der Waals surface area contributed by atoms with E-state index in [1.54, 1.807) is 0 Å². The number of anilines is 1. The van der Waals surface area contributed by atoms with Crippen LogP contribution in [0, 0.1) is 11.6 Å². The van der Waals surface area contributed by atoms with E-state index in [1.165, 1.54) is 18.2 Å². The van der Waals surface area contributed by atoms with E-state index in [0.717, 1.165) is 30.4 Å². The zero-order valence-corrected chi connectivity index (χ0v) is 13.7. The van der Waals surface area contributed by atoms with E-state index >= 15 is 0 Å². The highest BCUT2D eigenvalue weighted by Gasteiger charge is 2.13. The summed E-state index contributed by atoms with van der Waals surface area (Å²) in [4.78, 5) is 23.2. The Hall–Kier alpha value is -3.36. The molecule has 5 nitrogen and oxygen atoms in total. The highest BCUT2D eigenvalue weighted by molar-refractivity contribution is 6.03. The van der Waals surface area contributed by atoms with Crippen LogP contribution in [0.15, 0.2) is 42.5 Å². The van der Waals surface area contributed by atoms with Crippen molar-refractivity contribution < 1.29 is 31.9 Å². The van der Waals surface area contributed by atoms with Crippen molar-refractivity contribution >= 4 is 23.6 Å². The fourth-order valence-electron chi connectivity index (χ4n) is 2.05. The molecule has 2 amide bonds. The lowest BCUT2D eigenvalue weighted by Crippen LogP contribution is -2.15. The number of carbonyl (C=O) groups excluding carboxylic acids is 2. The summed E-state index contributed by atoms with van der Waals surface area (Å²) in [6.45, 7) is -0.971. The molecule has 142 valence electrons. The summed E-state index contributed by atoms with van der Waals surface area (Å²) in [7, 11) is 0. The average molecular weight is 382 g/mol. The number of benzene rings is 2. The van der Waals surface area contributed by atoms with Gasteiger partial charge in [-0.1, -0.05) is 6.07 Å². The number of hydrogen-bond acceptors (Lipinski definition) is 3. The van der Waals surface area contributed by atoms with E-state index in [4.69, 9.17) is 10.5 Å². The maximum atomic E-state index is 13.5. The minimum Gasteiger partial charge on any atom is -0.485 e. The van der Waals surface area contributed by atoms with Crippen LogP contribution in [-0.2, 0) is 4.79 Å². The van der Waals surface area contributed by atoms with E-state index in [-0.39, 0.29) is 17.0 Å². The number of amides is 2. The van der Waals surface area contributed by atoms with Crippen molar-refractivity contribution in [3.63, 3.8) is 0 Å². The largest absolute Gasteiger partial charge is 0.485 e. The summed E-state index contributed by atoms with van der Waals surface area (Å²) < 4.78 is 56.7. The Morgan fingerprint density at radius 1 is 1.15 bits per heavy atom. The zero-order valence-electron chi connectivity index (χ0n) is 13.7. The molecule has 9 heteroatoms. The van der Waals surface area contributed by atoms with Gasteiger partial charge in [0.2, 0.25) is 11.8 Å². The van der Waals surface area contributed by atoms with Crippen LogP contribution in [0.1, 0.15) is 15.9 Å². The fourth-order valence-corrected chi connectivity index (χ4v) is 2.05. The monoisotopic (exact) mass is 382 g/mol. The number of rotatable bonds is 7. The number of halogens is 4. The second kappa shape index (κ2) is 8.84. The van der Waals surface area contributed by atoms with E-state index in [1.807, 2.05) is 0 Å². The summed E-state index contributed by atoms with van der Waals surface area (Å²) in [6, 6.07) is 6.82. The maximum absolute atomic E-state index is 13.5. The summed E-state index contributed by atoms with van der Waals surface area (Å²) in [6.07, 6.45) is -0.993. The van der Waals surface area contributed by atoms with Gasteiger partial charge in [-0.3, -0.25) is 9.59 Å². The normalized spacial score (nSPS) is 11.0. The molecule has 0 saturated heterocycles. The number of nitrogens with two attached hydrogens (primary N) is 1. The van der Waals surface area contributed by atoms with E-state index in [0.29, 0.717) is 0 Å². The number of carbonyl (C=O) groups is 2. The number of nitrogens with one attached hydrogen (secondary N) is 1. The first-order valence-electron chi connectivity index (χ1n) is 7.56. The Kier molecular flexibility index (Phi) is 6.53. The minimum atomic E-state index is -2.78. The third-order valence-electron chi connectivity index (χ3n) is 3.29. The van der Waals surface area contributed by atoms with Gasteiger partial charge < -0.3 is 15.8 Å². The molecule has 2 aromatic rings. The molecule has 0 heterocycles. The predicted octanol–water partition coefficient (Wildman–Crippen LogP) is 3.36. The Balaban J connectivity index is 2.20. The maximum Gasteiger partial charge on any atom is 0.272 e. The lowest BCUT2D eigenvalue weighted by molar-refractivity contribution is -0.111. The number of ether oxygens (including phenoxy) is 1. The molecule has 0 aliphatic heterocycles. The van der Waals surface area contributed by atoms with Crippen molar-refractivity contribution in [2.45, 2.75) is 6.43 Å². The molecule has 0 spiro atoms. The van der Waals surface area contributed by atoms with Gasteiger partial charge in [0.25, 0.3) is 6.43 Å². The highest BCUT2D eigenvalue weighted by Crippen LogP contribution is 2.26. The van der Waals surface area contributed by atoms with E-state index < -0.39 is 42.0 Å². The van der Waals surface area contributed by atoms with Crippen LogP contribution < -0.4 is 15.8 Å². The van der Waals surface area contributed by atoms with Crippen molar-refractivity contribution in [1.82, 2.24) is 0 Å². The van der Waals surface area contributed by atoms with Crippen molar-refractivity contribution in [3.8, 4) is 5.75 Å². The van der Waals surface area contributed by atoms with Gasteiger partial charge in [-0.15, -0.1) is 0 Å². The van der Waals surface area contributed by atoms with Gasteiger partial charge in [-0.25, -0.2) is 17.6 Å². The smallest absolute Gasteiger partial charge is 0.272 e. The van der Waals surface area contributed by atoms with Gasteiger partial charge in [-0.05, 0) is 36.4 Å². The molecule has 0 unspecified atom stereocenters. The Labute approximate surface area is 151 Å². The van der Waals surface area contributed by atoms with Crippen molar-refractivity contribution in [2.24, 2.45) is 5.73 Å². The summed E-state index contributed by atoms with van der Waals surface area (Å²) in [5, 5.41) is 2.32. The van der Waals surface area contributed by atoms with E-state index in [2.05, 4.69) is 5.32 Å². The molecule has 3 N–H and O–H groups in total. The minimum absolute atomic E-state index is 0.0127.